The van der Waals surface area contributed by atoms with Crippen molar-refractivity contribution < 1.29 is 4.79 Å². The van der Waals surface area contributed by atoms with Gasteiger partial charge >= 0.3 is 6.03 Å². The van der Waals surface area contributed by atoms with E-state index in [1.54, 1.807) is 29.6 Å². The molecule has 0 radical (unpaired) electrons. The molecule has 8 heteroatoms. The van der Waals surface area contributed by atoms with Crippen molar-refractivity contribution in [2.24, 2.45) is 5.92 Å². The predicted molar refractivity (Wildman–Crippen MR) is 139 cm³/mol. The maximum Gasteiger partial charge on any atom is 0.326 e. The SMILES string of the molecule is CC(=N)C(Cn1cc(N2CN(Cc3ccccc3)CN(CCc3ccccc3)C2=O)cn1)C(C)=N. The summed E-state index contributed by atoms with van der Waals surface area (Å²) >= 11 is 0. The molecule has 1 aromatic heterocycles. The molecule has 3 aromatic rings. The Balaban J connectivity index is 1.53. The topological polar surface area (TPSA) is 92.3 Å². The van der Waals surface area contributed by atoms with E-state index in [-0.39, 0.29) is 11.9 Å². The third-order valence-electron chi connectivity index (χ3n) is 6.32. The van der Waals surface area contributed by atoms with Crippen LogP contribution in [-0.4, -0.2) is 56.9 Å². The molecule has 0 spiro atoms. The standard InChI is InChI=1S/C27H33N7O/c1-21(28)26(22(2)29)18-33-17-25(15-30-33)34-20-31(16-24-11-7-4-8-12-24)19-32(27(34)35)14-13-23-9-5-3-6-10-23/h3-12,15,17,26,28-29H,13-14,16,18-20H2,1-2H3. The minimum atomic E-state index is -0.295. The smallest absolute Gasteiger partial charge is 0.311 e. The van der Waals surface area contributed by atoms with Gasteiger partial charge in [-0.15, -0.1) is 0 Å². The predicted octanol–water partition coefficient (Wildman–Crippen LogP) is 4.48. The van der Waals surface area contributed by atoms with Crippen molar-refractivity contribution in [2.75, 3.05) is 24.8 Å². The molecule has 2 amide bonds. The van der Waals surface area contributed by atoms with Gasteiger partial charge < -0.3 is 15.7 Å². The van der Waals surface area contributed by atoms with E-state index in [0.29, 0.717) is 37.9 Å². The van der Waals surface area contributed by atoms with Gasteiger partial charge in [0.05, 0.1) is 37.7 Å². The number of urea groups is 1. The highest BCUT2D eigenvalue weighted by Gasteiger charge is 2.32. The fourth-order valence-electron chi connectivity index (χ4n) is 4.36. The van der Waals surface area contributed by atoms with Gasteiger partial charge in [-0.2, -0.15) is 5.10 Å². The molecule has 4 rings (SSSR count). The number of nitrogens with zero attached hydrogens (tertiary/aromatic N) is 5. The van der Waals surface area contributed by atoms with Gasteiger partial charge in [-0.05, 0) is 31.4 Å². The van der Waals surface area contributed by atoms with E-state index in [1.807, 2.05) is 47.5 Å². The van der Waals surface area contributed by atoms with Gasteiger partial charge in [0.25, 0.3) is 0 Å². The van der Waals surface area contributed by atoms with Crippen molar-refractivity contribution in [1.82, 2.24) is 19.6 Å². The summed E-state index contributed by atoms with van der Waals surface area (Å²) in [6, 6.07) is 20.5. The lowest BCUT2D eigenvalue weighted by atomic mass is 10.00. The van der Waals surface area contributed by atoms with E-state index in [4.69, 9.17) is 10.8 Å². The normalized spacial score (nSPS) is 15.3. The summed E-state index contributed by atoms with van der Waals surface area (Å²) in [5, 5.41) is 20.4. The summed E-state index contributed by atoms with van der Waals surface area (Å²) in [6.45, 7) is 6.24. The monoisotopic (exact) mass is 471 g/mol. The average Bonchev–Trinajstić information content (AvgIpc) is 3.32. The molecule has 1 aliphatic heterocycles. The van der Waals surface area contributed by atoms with Crippen LogP contribution in [0, 0.1) is 16.7 Å². The van der Waals surface area contributed by atoms with Crippen LogP contribution in [0.1, 0.15) is 25.0 Å². The minimum Gasteiger partial charge on any atom is -0.311 e. The lowest BCUT2D eigenvalue weighted by Gasteiger charge is -2.41. The maximum absolute atomic E-state index is 13.5. The first-order chi connectivity index (χ1) is 16.9. The quantitative estimate of drug-likeness (QED) is 0.427. The van der Waals surface area contributed by atoms with Crippen molar-refractivity contribution in [3.63, 3.8) is 0 Å². The molecule has 1 saturated heterocycles. The van der Waals surface area contributed by atoms with Crippen molar-refractivity contribution >= 4 is 23.1 Å². The molecular formula is C27H33N7O. The largest absolute Gasteiger partial charge is 0.326 e. The van der Waals surface area contributed by atoms with Gasteiger partial charge in [0.1, 0.15) is 0 Å². The third-order valence-corrected chi connectivity index (χ3v) is 6.32. The molecule has 182 valence electrons. The Morgan fingerprint density at radius 2 is 1.57 bits per heavy atom. The summed E-state index contributed by atoms with van der Waals surface area (Å²) in [6.07, 6.45) is 4.34. The van der Waals surface area contributed by atoms with Crippen LogP contribution < -0.4 is 4.90 Å². The number of carbonyl (C=O) groups is 1. The first-order valence-corrected chi connectivity index (χ1v) is 11.9. The van der Waals surface area contributed by atoms with Crippen LogP contribution in [-0.2, 0) is 19.5 Å². The number of carbonyl (C=O) groups excluding carboxylic acids is 1. The lowest BCUT2D eigenvalue weighted by Crippen LogP contribution is -2.58. The summed E-state index contributed by atoms with van der Waals surface area (Å²) in [7, 11) is 0. The lowest BCUT2D eigenvalue weighted by molar-refractivity contribution is 0.111. The molecule has 0 aliphatic carbocycles. The van der Waals surface area contributed by atoms with Crippen LogP contribution in [0.25, 0.3) is 0 Å². The Morgan fingerprint density at radius 3 is 2.20 bits per heavy atom. The second-order valence-electron chi connectivity index (χ2n) is 9.15. The number of benzene rings is 2. The molecule has 1 aliphatic rings. The average molecular weight is 472 g/mol. The first kappa shape index (κ1) is 24.3. The van der Waals surface area contributed by atoms with Gasteiger partial charge in [-0.3, -0.25) is 14.5 Å². The maximum atomic E-state index is 13.5. The molecule has 0 saturated carbocycles. The molecule has 2 aromatic carbocycles. The molecule has 35 heavy (non-hydrogen) atoms. The highest BCUT2D eigenvalue weighted by atomic mass is 16.2. The summed E-state index contributed by atoms with van der Waals surface area (Å²) in [5.74, 6) is -0.295. The minimum absolute atomic E-state index is 0.0344. The van der Waals surface area contributed by atoms with Crippen LogP contribution >= 0.6 is 0 Å². The van der Waals surface area contributed by atoms with Gasteiger partial charge in [0.15, 0.2) is 0 Å². The van der Waals surface area contributed by atoms with E-state index >= 15 is 0 Å². The van der Waals surface area contributed by atoms with Gasteiger partial charge in [0, 0.05) is 30.7 Å². The number of nitrogens with one attached hydrogen (secondary N) is 2. The van der Waals surface area contributed by atoms with Crippen LogP contribution in [0.5, 0.6) is 0 Å². The molecule has 0 bridgehead atoms. The number of hydrogen-bond donors (Lipinski definition) is 2. The van der Waals surface area contributed by atoms with Crippen LogP contribution in [0.4, 0.5) is 10.5 Å². The molecule has 0 atom stereocenters. The molecule has 2 N–H and O–H groups in total. The second kappa shape index (κ2) is 11.1. The Kier molecular flexibility index (Phi) is 7.72. The zero-order valence-corrected chi connectivity index (χ0v) is 20.4. The van der Waals surface area contributed by atoms with E-state index in [2.05, 4.69) is 34.3 Å². The van der Waals surface area contributed by atoms with Crippen molar-refractivity contribution in [3.8, 4) is 0 Å². The molecular weight excluding hydrogens is 438 g/mol. The highest BCUT2D eigenvalue weighted by molar-refractivity contribution is 6.02. The van der Waals surface area contributed by atoms with E-state index in [9.17, 15) is 4.79 Å². The number of aromatic nitrogens is 2. The summed E-state index contributed by atoms with van der Waals surface area (Å²) in [5.41, 5.74) is 4.00. The Hall–Kier alpha value is -3.78. The molecule has 0 unspecified atom stereocenters. The fraction of sp³-hybridized carbons (Fsp3) is 0.333. The van der Waals surface area contributed by atoms with E-state index in [1.165, 1.54) is 11.1 Å². The zero-order chi connectivity index (χ0) is 24.8. The number of anilines is 1. The number of rotatable bonds is 10. The van der Waals surface area contributed by atoms with Gasteiger partial charge in [-0.25, -0.2) is 4.79 Å². The first-order valence-electron chi connectivity index (χ1n) is 11.9. The van der Waals surface area contributed by atoms with E-state index in [0.717, 1.165) is 18.7 Å². The third kappa shape index (κ3) is 6.22. The Bertz CT molecular complexity index is 1140. The van der Waals surface area contributed by atoms with Crippen molar-refractivity contribution in [1.29, 1.82) is 10.8 Å². The highest BCUT2D eigenvalue weighted by Crippen LogP contribution is 2.22. The van der Waals surface area contributed by atoms with Gasteiger partial charge in [-0.1, -0.05) is 60.7 Å². The molecule has 8 nitrogen and oxygen atoms in total. The molecule has 1 fully saturated rings. The summed E-state index contributed by atoms with van der Waals surface area (Å²) in [4.78, 5) is 19.4. The van der Waals surface area contributed by atoms with Crippen molar-refractivity contribution in [3.05, 3.63) is 84.2 Å². The second-order valence-corrected chi connectivity index (χ2v) is 9.15. The van der Waals surface area contributed by atoms with Crippen molar-refractivity contribution in [2.45, 2.75) is 33.4 Å². The Labute approximate surface area is 206 Å². The molecule has 2 heterocycles. The fourth-order valence-corrected chi connectivity index (χ4v) is 4.36. The van der Waals surface area contributed by atoms with E-state index < -0.39 is 0 Å². The zero-order valence-electron chi connectivity index (χ0n) is 20.4. The van der Waals surface area contributed by atoms with Crippen LogP contribution in [0.3, 0.4) is 0 Å². The van der Waals surface area contributed by atoms with Crippen LogP contribution in [0.15, 0.2) is 73.1 Å². The number of hydrogen-bond acceptors (Lipinski definition) is 5. The van der Waals surface area contributed by atoms with Gasteiger partial charge in [0.2, 0.25) is 0 Å². The Morgan fingerprint density at radius 1 is 0.943 bits per heavy atom. The number of amides is 2. The summed E-state index contributed by atoms with van der Waals surface area (Å²) < 4.78 is 1.73. The van der Waals surface area contributed by atoms with Crippen LogP contribution in [0.2, 0.25) is 0 Å².